The molecule has 6 heteroatoms. The molecule has 2 rings (SSSR count). The number of hydrogen-bond donors (Lipinski definition) is 0. The van der Waals surface area contributed by atoms with Crippen molar-refractivity contribution < 1.29 is 28.7 Å². The lowest BCUT2D eigenvalue weighted by molar-refractivity contribution is -0.704. The van der Waals surface area contributed by atoms with Gasteiger partial charge in [-0.2, -0.15) is 0 Å². The summed E-state index contributed by atoms with van der Waals surface area (Å²) in [6.07, 6.45) is 1.61. The molecule has 0 unspecified atom stereocenters. The van der Waals surface area contributed by atoms with Gasteiger partial charge in [-0.25, -0.2) is 0 Å². The van der Waals surface area contributed by atoms with E-state index in [1.165, 1.54) is 0 Å². The Kier molecular flexibility index (Phi) is 2.84. The molecule has 0 aliphatic rings. The zero-order valence-corrected chi connectivity index (χ0v) is 9.19. The van der Waals surface area contributed by atoms with Crippen LogP contribution in [0.4, 0.5) is 0 Å². The molecular formula is C6H6ClIN4. The standard InChI is InChI=1S/C6H6ClN4.HI/c1-10-6-3-2-5(7)9-11(6)4-8-10;/h2-4H,1H3;1H/q+1;/p-1. The van der Waals surface area contributed by atoms with Gasteiger partial charge in [-0.05, 0) is 11.2 Å². The van der Waals surface area contributed by atoms with Crippen molar-refractivity contribution in [2.45, 2.75) is 0 Å². The van der Waals surface area contributed by atoms with Crippen molar-refractivity contribution in [1.82, 2.24) is 14.7 Å². The molecule has 0 saturated heterocycles. The molecule has 0 aliphatic carbocycles. The third kappa shape index (κ3) is 1.51. The number of nitrogens with zero attached hydrogens (tertiary/aromatic N) is 4. The quantitative estimate of drug-likeness (QED) is 0.389. The summed E-state index contributed by atoms with van der Waals surface area (Å²) in [6, 6.07) is 3.60. The van der Waals surface area contributed by atoms with Crippen LogP contribution in [-0.4, -0.2) is 14.7 Å². The highest BCUT2D eigenvalue weighted by Gasteiger charge is 2.07. The van der Waals surface area contributed by atoms with E-state index >= 15 is 0 Å². The van der Waals surface area contributed by atoms with Gasteiger partial charge in [0.2, 0.25) is 0 Å². The van der Waals surface area contributed by atoms with Gasteiger partial charge in [0.05, 0.1) is 0 Å². The topological polar surface area (TPSA) is 34.1 Å². The molecule has 0 N–H and O–H groups in total. The first-order chi connectivity index (χ1) is 5.27. The van der Waals surface area contributed by atoms with E-state index in [1.807, 2.05) is 13.1 Å². The van der Waals surface area contributed by atoms with Crippen molar-refractivity contribution in [2.75, 3.05) is 0 Å². The Morgan fingerprint density at radius 1 is 1.50 bits per heavy atom. The Morgan fingerprint density at radius 2 is 2.25 bits per heavy atom. The van der Waals surface area contributed by atoms with E-state index in [0.29, 0.717) is 5.15 Å². The van der Waals surface area contributed by atoms with Gasteiger partial charge >= 0.3 is 5.65 Å². The number of rotatable bonds is 0. The normalized spacial score (nSPS) is 9.83. The molecule has 0 amide bonds. The van der Waals surface area contributed by atoms with E-state index in [0.717, 1.165) is 5.65 Å². The summed E-state index contributed by atoms with van der Waals surface area (Å²) in [4.78, 5) is 0. The van der Waals surface area contributed by atoms with Gasteiger partial charge in [-0.1, -0.05) is 21.2 Å². The molecule has 12 heavy (non-hydrogen) atoms. The zero-order chi connectivity index (χ0) is 7.84. The Labute approximate surface area is 91.2 Å². The third-order valence-electron chi connectivity index (χ3n) is 1.47. The predicted molar refractivity (Wildman–Crippen MR) is 39.2 cm³/mol. The Hall–Kier alpha value is -0.430. The van der Waals surface area contributed by atoms with Crippen LogP contribution < -0.4 is 28.7 Å². The van der Waals surface area contributed by atoms with E-state index in [1.54, 1.807) is 21.6 Å². The van der Waals surface area contributed by atoms with Crippen LogP contribution in [0.1, 0.15) is 0 Å². The van der Waals surface area contributed by atoms with Crippen LogP contribution in [0.3, 0.4) is 0 Å². The second kappa shape index (κ2) is 3.53. The van der Waals surface area contributed by atoms with Gasteiger partial charge < -0.3 is 24.0 Å². The lowest BCUT2D eigenvalue weighted by Crippen LogP contribution is -3.00. The minimum absolute atomic E-state index is 0. The van der Waals surface area contributed by atoms with Crippen molar-refractivity contribution in [1.29, 1.82) is 0 Å². The van der Waals surface area contributed by atoms with Crippen LogP contribution in [0.2, 0.25) is 5.15 Å². The lowest BCUT2D eigenvalue weighted by Gasteiger charge is -1.84. The summed E-state index contributed by atoms with van der Waals surface area (Å²) < 4.78 is 3.35. The Morgan fingerprint density at radius 3 is 3.00 bits per heavy atom. The molecule has 2 aromatic heterocycles. The van der Waals surface area contributed by atoms with Crippen molar-refractivity contribution >= 4 is 17.2 Å². The number of hydrogen-bond acceptors (Lipinski definition) is 2. The summed E-state index contributed by atoms with van der Waals surface area (Å²) in [5.41, 5.74) is 0.911. The van der Waals surface area contributed by atoms with Crippen LogP contribution >= 0.6 is 11.6 Å². The minimum Gasteiger partial charge on any atom is -1.00 e. The van der Waals surface area contributed by atoms with E-state index < -0.39 is 0 Å². The van der Waals surface area contributed by atoms with E-state index in [-0.39, 0.29) is 24.0 Å². The van der Waals surface area contributed by atoms with Crippen molar-refractivity contribution in [3.63, 3.8) is 0 Å². The minimum atomic E-state index is 0. The van der Waals surface area contributed by atoms with Crippen molar-refractivity contribution in [3.8, 4) is 0 Å². The highest BCUT2D eigenvalue weighted by molar-refractivity contribution is 6.29. The van der Waals surface area contributed by atoms with Crippen LogP contribution in [0.5, 0.6) is 0 Å². The van der Waals surface area contributed by atoms with Crippen molar-refractivity contribution in [3.05, 3.63) is 23.6 Å². The monoisotopic (exact) mass is 296 g/mol. The van der Waals surface area contributed by atoms with E-state index in [4.69, 9.17) is 11.6 Å². The van der Waals surface area contributed by atoms with Crippen molar-refractivity contribution in [2.24, 2.45) is 7.05 Å². The summed E-state index contributed by atoms with van der Waals surface area (Å²) in [5.74, 6) is 0. The molecule has 0 aliphatic heterocycles. The van der Waals surface area contributed by atoms with Crippen LogP contribution in [0.25, 0.3) is 5.65 Å². The third-order valence-corrected chi connectivity index (χ3v) is 1.68. The highest BCUT2D eigenvalue weighted by Crippen LogP contribution is 2.02. The number of fused-ring (bicyclic) bond motifs is 1. The van der Waals surface area contributed by atoms with Gasteiger partial charge in [0.1, 0.15) is 7.05 Å². The molecule has 0 spiro atoms. The Bertz CT molecular complexity index is 399. The maximum Gasteiger partial charge on any atom is 0.329 e. The SMILES string of the molecule is C[n+]1ncn2nc(Cl)ccc21.[I-]. The molecule has 0 fully saturated rings. The fraction of sp³-hybridized carbons (Fsp3) is 0.167. The first kappa shape index (κ1) is 9.66. The molecule has 0 radical (unpaired) electrons. The fourth-order valence-corrected chi connectivity index (χ4v) is 1.08. The summed E-state index contributed by atoms with van der Waals surface area (Å²) in [7, 11) is 1.85. The van der Waals surface area contributed by atoms with Crippen LogP contribution in [0, 0.1) is 0 Å². The molecule has 0 aromatic carbocycles. The second-order valence-corrected chi connectivity index (χ2v) is 2.60. The molecular weight excluding hydrogens is 290 g/mol. The summed E-state index contributed by atoms with van der Waals surface area (Å²) >= 11 is 5.66. The molecule has 64 valence electrons. The average molecular weight is 296 g/mol. The van der Waals surface area contributed by atoms with Gasteiger partial charge in [0.25, 0.3) is 6.33 Å². The molecule has 4 nitrogen and oxygen atoms in total. The largest absolute Gasteiger partial charge is 1.00 e. The second-order valence-electron chi connectivity index (χ2n) is 2.21. The fourth-order valence-electron chi connectivity index (χ4n) is 0.934. The van der Waals surface area contributed by atoms with E-state index in [9.17, 15) is 0 Å². The summed E-state index contributed by atoms with van der Waals surface area (Å²) in [5, 5.41) is 8.46. The summed E-state index contributed by atoms with van der Waals surface area (Å²) in [6.45, 7) is 0. The Balaban J connectivity index is 0.000000720. The van der Waals surface area contributed by atoms with Gasteiger partial charge in [0.15, 0.2) is 5.15 Å². The predicted octanol–water partition coefficient (Wildman–Crippen LogP) is -2.79. The zero-order valence-electron chi connectivity index (χ0n) is 6.28. The van der Waals surface area contributed by atoms with Gasteiger partial charge in [-0.15, -0.1) is 4.68 Å². The first-order valence-electron chi connectivity index (χ1n) is 3.13. The maximum atomic E-state index is 5.66. The molecule has 2 heterocycles. The lowest BCUT2D eigenvalue weighted by atomic mass is 10.5. The molecule has 0 saturated carbocycles. The van der Waals surface area contributed by atoms with Crippen LogP contribution in [0.15, 0.2) is 18.5 Å². The molecule has 0 atom stereocenters. The highest BCUT2D eigenvalue weighted by atomic mass is 127. The number of aromatic nitrogens is 4. The van der Waals surface area contributed by atoms with E-state index in [2.05, 4.69) is 10.2 Å². The maximum absolute atomic E-state index is 5.66. The molecule has 0 bridgehead atoms. The average Bonchev–Trinajstić information content (AvgIpc) is 2.32. The van der Waals surface area contributed by atoms with Gasteiger partial charge in [0, 0.05) is 6.07 Å². The number of aryl methyl sites for hydroxylation is 1. The van der Waals surface area contributed by atoms with Gasteiger partial charge in [-0.3, -0.25) is 0 Å². The van der Waals surface area contributed by atoms with Crippen LogP contribution in [-0.2, 0) is 7.05 Å². The smallest absolute Gasteiger partial charge is 0.329 e. The number of halogens is 2. The molecule has 2 aromatic rings. The first-order valence-corrected chi connectivity index (χ1v) is 3.51.